The predicted octanol–water partition coefficient (Wildman–Crippen LogP) is 2.43. The van der Waals surface area contributed by atoms with Crippen LogP contribution in [0.3, 0.4) is 0 Å². The molecule has 1 aliphatic heterocycles. The molecule has 1 saturated heterocycles. The molecule has 2 heterocycles. The van der Waals surface area contributed by atoms with Gasteiger partial charge in [0.25, 0.3) is 0 Å². The first-order chi connectivity index (χ1) is 13.9. The number of amides is 3. The topological polar surface area (TPSA) is 109 Å². The second-order valence-electron chi connectivity index (χ2n) is 8.11. The third-order valence-corrected chi connectivity index (χ3v) is 7.34. The highest BCUT2D eigenvalue weighted by Gasteiger charge is 2.26. The Morgan fingerprint density at radius 2 is 2.03 bits per heavy atom. The minimum Gasteiger partial charge on any atom is -0.479 e. The van der Waals surface area contributed by atoms with Gasteiger partial charge in [-0.1, -0.05) is 13.3 Å². The van der Waals surface area contributed by atoms with Crippen molar-refractivity contribution in [3.8, 4) is 5.88 Å². The number of unbranched alkanes of at least 4 members (excludes halogenated alkanes) is 2. The van der Waals surface area contributed by atoms with Gasteiger partial charge in [0.15, 0.2) is 15.7 Å². The lowest BCUT2D eigenvalue weighted by atomic mass is 10.0. The van der Waals surface area contributed by atoms with Crippen molar-refractivity contribution in [1.82, 2.24) is 15.2 Å². The molecular formula is C20H31N3O5S. The summed E-state index contributed by atoms with van der Waals surface area (Å²) in [5.41, 5.74) is 0.978. The number of sulfone groups is 1. The van der Waals surface area contributed by atoms with Gasteiger partial charge in [0.1, 0.15) is 6.54 Å². The number of nitrogens with one attached hydrogen (secondary N) is 2. The molecule has 0 radical (unpaired) electrons. The minimum absolute atomic E-state index is 0.0474. The molecule has 1 aliphatic carbocycles. The maximum atomic E-state index is 12.6. The van der Waals surface area contributed by atoms with Crippen LogP contribution in [0.25, 0.3) is 0 Å². The molecule has 0 aromatic carbocycles. The molecule has 2 aliphatic rings. The summed E-state index contributed by atoms with van der Waals surface area (Å²) in [6.07, 6.45) is 7.01. The molecule has 0 bridgehead atoms. The first kappa shape index (κ1) is 21.7. The minimum atomic E-state index is -3.17. The molecule has 1 aromatic heterocycles. The molecule has 162 valence electrons. The number of ether oxygens (including phenoxy) is 1. The summed E-state index contributed by atoms with van der Waals surface area (Å²) in [7, 11) is -3.17. The lowest BCUT2D eigenvalue weighted by molar-refractivity contribution is -0.118. The van der Waals surface area contributed by atoms with Crippen LogP contribution >= 0.6 is 0 Å². The number of aromatic amines is 1. The molecule has 2 fully saturated rings. The Balaban J connectivity index is 1.39. The lowest BCUT2D eigenvalue weighted by Crippen LogP contribution is -2.29. The molecule has 1 saturated carbocycles. The number of rotatable bonds is 13. The van der Waals surface area contributed by atoms with Crippen LogP contribution in [0.4, 0.5) is 4.79 Å². The van der Waals surface area contributed by atoms with Crippen molar-refractivity contribution in [2.75, 3.05) is 31.2 Å². The highest BCUT2D eigenvalue weighted by molar-refractivity contribution is 7.91. The standard InChI is InChI=1S/C20H31N3O5S/c1-2-16(17-10-19(21-11-17)28-13-15-6-7-15)14-29(26,27)9-5-3-4-8-23-12-18(24)22-20(23)25/h10-11,15-16,21H,2-9,12-14H2,1H3,(H,22,24,25). The monoisotopic (exact) mass is 425 g/mol. The summed E-state index contributed by atoms with van der Waals surface area (Å²) in [6.45, 7) is 3.29. The summed E-state index contributed by atoms with van der Waals surface area (Å²) >= 11 is 0. The van der Waals surface area contributed by atoms with E-state index in [9.17, 15) is 18.0 Å². The van der Waals surface area contributed by atoms with Gasteiger partial charge in [-0.05, 0) is 49.5 Å². The maximum Gasteiger partial charge on any atom is 0.324 e. The molecule has 3 rings (SSSR count). The first-order valence-electron chi connectivity index (χ1n) is 10.5. The van der Waals surface area contributed by atoms with Gasteiger partial charge >= 0.3 is 6.03 Å². The average Bonchev–Trinajstić information content (AvgIpc) is 3.29. The van der Waals surface area contributed by atoms with Gasteiger partial charge in [-0.25, -0.2) is 13.2 Å². The van der Waals surface area contributed by atoms with Gasteiger partial charge in [0, 0.05) is 18.8 Å². The van der Waals surface area contributed by atoms with E-state index in [4.69, 9.17) is 4.74 Å². The van der Waals surface area contributed by atoms with Crippen LogP contribution < -0.4 is 10.1 Å². The molecular weight excluding hydrogens is 394 g/mol. The van der Waals surface area contributed by atoms with E-state index >= 15 is 0 Å². The van der Waals surface area contributed by atoms with Crippen molar-refractivity contribution < 1.29 is 22.7 Å². The van der Waals surface area contributed by atoms with Gasteiger partial charge in [-0.3, -0.25) is 10.1 Å². The number of urea groups is 1. The van der Waals surface area contributed by atoms with Gasteiger partial charge in [-0.15, -0.1) is 0 Å². The number of hydrogen-bond acceptors (Lipinski definition) is 5. The summed E-state index contributed by atoms with van der Waals surface area (Å²) in [5.74, 6) is 1.33. The third-order valence-electron chi connectivity index (χ3n) is 5.52. The molecule has 3 amide bonds. The summed E-state index contributed by atoms with van der Waals surface area (Å²) < 4.78 is 30.8. The Hall–Kier alpha value is -2.03. The first-order valence-corrected chi connectivity index (χ1v) is 12.3. The number of carbonyl (C=O) groups is 2. The van der Waals surface area contributed by atoms with Crippen LogP contribution in [0.1, 0.15) is 56.9 Å². The Morgan fingerprint density at radius 3 is 2.69 bits per heavy atom. The average molecular weight is 426 g/mol. The highest BCUT2D eigenvalue weighted by atomic mass is 32.2. The summed E-state index contributed by atoms with van der Waals surface area (Å²) in [5, 5.41) is 2.23. The predicted molar refractivity (Wildman–Crippen MR) is 110 cm³/mol. The molecule has 0 spiro atoms. The molecule has 1 atom stereocenters. The van der Waals surface area contributed by atoms with Crippen LogP contribution in [-0.2, 0) is 14.6 Å². The molecule has 2 N–H and O–H groups in total. The van der Waals surface area contributed by atoms with E-state index in [1.165, 1.54) is 17.7 Å². The van der Waals surface area contributed by atoms with Crippen LogP contribution in [0, 0.1) is 5.92 Å². The molecule has 29 heavy (non-hydrogen) atoms. The van der Waals surface area contributed by atoms with E-state index in [0.717, 1.165) is 18.6 Å². The van der Waals surface area contributed by atoms with E-state index in [0.29, 0.717) is 37.6 Å². The van der Waals surface area contributed by atoms with Crippen molar-refractivity contribution in [2.45, 2.75) is 51.4 Å². The zero-order valence-electron chi connectivity index (χ0n) is 17.0. The lowest BCUT2D eigenvalue weighted by Gasteiger charge is -2.14. The zero-order valence-corrected chi connectivity index (χ0v) is 17.8. The Morgan fingerprint density at radius 1 is 1.24 bits per heavy atom. The second kappa shape index (κ2) is 9.65. The van der Waals surface area contributed by atoms with Crippen molar-refractivity contribution >= 4 is 21.8 Å². The van der Waals surface area contributed by atoms with Crippen molar-refractivity contribution in [2.24, 2.45) is 5.92 Å². The van der Waals surface area contributed by atoms with E-state index in [1.54, 1.807) is 0 Å². The van der Waals surface area contributed by atoms with Crippen LogP contribution in [0.15, 0.2) is 12.3 Å². The smallest absolute Gasteiger partial charge is 0.324 e. The van der Waals surface area contributed by atoms with Gasteiger partial charge in [0.2, 0.25) is 5.91 Å². The van der Waals surface area contributed by atoms with Crippen molar-refractivity contribution in [3.63, 3.8) is 0 Å². The Bertz CT molecular complexity index is 816. The fourth-order valence-electron chi connectivity index (χ4n) is 3.51. The molecule has 8 nitrogen and oxygen atoms in total. The van der Waals surface area contributed by atoms with E-state index < -0.39 is 9.84 Å². The SMILES string of the molecule is CCC(CS(=O)(=O)CCCCCN1CC(=O)NC1=O)c1c[nH]c(OCC2CC2)c1. The van der Waals surface area contributed by atoms with Crippen LogP contribution in [-0.4, -0.2) is 61.4 Å². The number of nitrogens with zero attached hydrogens (tertiary/aromatic N) is 1. The summed E-state index contributed by atoms with van der Waals surface area (Å²) in [6, 6.07) is 1.56. The molecule has 1 aromatic rings. The highest BCUT2D eigenvalue weighted by Crippen LogP contribution is 2.30. The quantitative estimate of drug-likeness (QED) is 0.373. The second-order valence-corrected chi connectivity index (χ2v) is 10.3. The number of imide groups is 1. The number of hydrogen-bond donors (Lipinski definition) is 2. The van der Waals surface area contributed by atoms with Crippen LogP contribution in [0.5, 0.6) is 5.88 Å². The largest absolute Gasteiger partial charge is 0.479 e. The van der Waals surface area contributed by atoms with Gasteiger partial charge in [-0.2, -0.15) is 0 Å². The molecule has 1 unspecified atom stereocenters. The van der Waals surface area contributed by atoms with Crippen LogP contribution in [0.2, 0.25) is 0 Å². The zero-order chi connectivity index (χ0) is 20.9. The fourth-order valence-corrected chi connectivity index (χ4v) is 5.36. The Kier molecular flexibility index (Phi) is 7.21. The van der Waals surface area contributed by atoms with E-state index in [2.05, 4.69) is 10.3 Å². The molecule has 9 heteroatoms. The third kappa shape index (κ3) is 6.76. The number of H-pyrrole nitrogens is 1. The van der Waals surface area contributed by atoms with Gasteiger partial charge < -0.3 is 14.6 Å². The summed E-state index contributed by atoms with van der Waals surface area (Å²) in [4.78, 5) is 27.2. The Labute approximate surface area is 172 Å². The fraction of sp³-hybridized carbons (Fsp3) is 0.700. The number of aromatic nitrogens is 1. The van der Waals surface area contributed by atoms with Gasteiger partial charge in [0.05, 0.1) is 18.1 Å². The van der Waals surface area contributed by atoms with Crippen molar-refractivity contribution in [1.29, 1.82) is 0 Å². The number of carbonyl (C=O) groups excluding carboxylic acids is 2. The van der Waals surface area contributed by atoms with E-state index in [-0.39, 0.29) is 35.9 Å². The maximum absolute atomic E-state index is 12.6. The normalized spacial score (nSPS) is 18.2. The van der Waals surface area contributed by atoms with E-state index in [1.807, 2.05) is 19.2 Å². The van der Waals surface area contributed by atoms with Crippen molar-refractivity contribution in [3.05, 3.63) is 17.8 Å².